The molecule has 0 aliphatic carbocycles. The molecule has 0 saturated carbocycles. The summed E-state index contributed by atoms with van der Waals surface area (Å²) in [5.41, 5.74) is -0.735. The molecule has 0 bridgehead atoms. The van der Waals surface area contributed by atoms with Gasteiger partial charge in [0.2, 0.25) is 5.82 Å². The quantitative estimate of drug-likeness (QED) is 0.354. The molecular weight excluding hydrogens is 377 g/mol. The molecule has 1 aliphatic heterocycles. The van der Waals surface area contributed by atoms with Gasteiger partial charge >= 0.3 is 0 Å². The Morgan fingerprint density at radius 1 is 1.04 bits per heavy atom. The van der Waals surface area contributed by atoms with E-state index in [1.165, 1.54) is 0 Å². The van der Waals surface area contributed by atoms with E-state index in [1.807, 2.05) is 0 Å². The predicted octanol–water partition coefficient (Wildman–Crippen LogP) is 4.87. The van der Waals surface area contributed by atoms with Crippen molar-refractivity contribution >= 4 is 29.4 Å². The van der Waals surface area contributed by atoms with Gasteiger partial charge in [-0.25, -0.2) is 22.0 Å². The van der Waals surface area contributed by atoms with Crippen LogP contribution in [0.1, 0.15) is 12.5 Å². The molecule has 0 spiro atoms. The Morgan fingerprint density at radius 3 is 2.27 bits per heavy atom. The summed E-state index contributed by atoms with van der Waals surface area (Å²) in [7, 11) is 0. The zero-order valence-corrected chi connectivity index (χ0v) is 13.9. The van der Waals surface area contributed by atoms with E-state index in [-0.39, 0.29) is 4.91 Å². The molecule has 1 heterocycles. The second-order valence-electron chi connectivity index (χ2n) is 5.14. The number of carbonyl (C=O) groups excluding carboxylic acids is 1. The molecule has 1 aliphatic rings. The third-order valence-electron chi connectivity index (χ3n) is 3.48. The molecule has 3 nitrogen and oxygen atoms in total. The van der Waals surface area contributed by atoms with Crippen molar-refractivity contribution in [3.05, 3.63) is 57.8 Å². The average molecular weight is 387 g/mol. The number of amides is 1. The minimum Gasteiger partial charge on any atom is -0.494 e. The van der Waals surface area contributed by atoms with E-state index in [1.54, 1.807) is 25.1 Å². The lowest BCUT2D eigenvalue weighted by molar-refractivity contribution is -0.112. The normalized spacial score (nSPS) is 15.0. The molecule has 2 aromatic carbocycles. The Bertz CT molecular complexity index is 916. The minimum atomic E-state index is -2.25. The summed E-state index contributed by atoms with van der Waals surface area (Å²) in [4.78, 5) is 12.4. The van der Waals surface area contributed by atoms with Crippen LogP contribution < -0.4 is 10.1 Å². The van der Waals surface area contributed by atoms with Crippen LogP contribution in [-0.2, 0) is 4.79 Å². The Morgan fingerprint density at radius 2 is 1.65 bits per heavy atom. The molecule has 136 valence electrons. The highest BCUT2D eigenvalue weighted by molar-refractivity contribution is 8.04. The number of fused-ring (bicyclic) bond motifs is 1. The fraction of sp³-hybridized carbons (Fsp3) is 0.118. The van der Waals surface area contributed by atoms with Gasteiger partial charge in [0.25, 0.3) is 5.91 Å². The van der Waals surface area contributed by atoms with Crippen LogP contribution in [0.2, 0.25) is 0 Å². The zero-order chi connectivity index (χ0) is 19.0. The van der Waals surface area contributed by atoms with Gasteiger partial charge < -0.3 is 10.1 Å². The van der Waals surface area contributed by atoms with Crippen molar-refractivity contribution in [3.63, 3.8) is 0 Å². The van der Waals surface area contributed by atoms with Crippen molar-refractivity contribution in [2.45, 2.75) is 11.8 Å². The zero-order valence-electron chi connectivity index (χ0n) is 13.1. The van der Waals surface area contributed by atoms with Gasteiger partial charge in [0.05, 0.1) is 22.8 Å². The Kier molecular flexibility index (Phi) is 4.90. The summed E-state index contributed by atoms with van der Waals surface area (Å²) in [6.07, 6.45) is 0.632. The van der Waals surface area contributed by atoms with E-state index in [4.69, 9.17) is 4.74 Å². The van der Waals surface area contributed by atoms with Gasteiger partial charge in [-0.2, -0.15) is 0 Å². The van der Waals surface area contributed by atoms with Crippen molar-refractivity contribution in [2.75, 3.05) is 11.9 Å². The second-order valence-corrected chi connectivity index (χ2v) is 6.22. The predicted molar refractivity (Wildman–Crippen MR) is 86.3 cm³/mol. The first-order chi connectivity index (χ1) is 12.3. The molecule has 0 radical (unpaired) electrons. The number of carbonyl (C=O) groups is 1. The monoisotopic (exact) mass is 387 g/mol. The van der Waals surface area contributed by atoms with E-state index in [2.05, 4.69) is 5.32 Å². The molecule has 26 heavy (non-hydrogen) atoms. The third-order valence-corrected chi connectivity index (χ3v) is 4.56. The molecule has 1 N–H and O–H groups in total. The summed E-state index contributed by atoms with van der Waals surface area (Å²) in [5, 5.41) is 2.49. The van der Waals surface area contributed by atoms with Gasteiger partial charge in [0.1, 0.15) is 5.75 Å². The largest absolute Gasteiger partial charge is 0.494 e. The molecule has 0 saturated heterocycles. The first-order valence-electron chi connectivity index (χ1n) is 7.32. The Hall–Kier alpha value is -2.55. The lowest BCUT2D eigenvalue weighted by Gasteiger charge is -2.19. The number of rotatable bonds is 3. The van der Waals surface area contributed by atoms with Crippen molar-refractivity contribution in [3.8, 4) is 5.75 Å². The fourth-order valence-electron chi connectivity index (χ4n) is 2.27. The number of nitrogens with one attached hydrogen (secondary N) is 1. The molecule has 1 amide bonds. The van der Waals surface area contributed by atoms with E-state index >= 15 is 0 Å². The molecule has 2 aromatic rings. The maximum atomic E-state index is 13.8. The summed E-state index contributed by atoms with van der Waals surface area (Å²) in [5.74, 6) is -10.6. The number of ether oxygens (including phenoxy) is 1. The molecular formula is C17H10F5NO2S. The topological polar surface area (TPSA) is 38.3 Å². The summed E-state index contributed by atoms with van der Waals surface area (Å²) < 4.78 is 72.7. The van der Waals surface area contributed by atoms with Crippen LogP contribution in [0.15, 0.2) is 28.0 Å². The van der Waals surface area contributed by atoms with Crippen LogP contribution in [0, 0.1) is 29.1 Å². The van der Waals surface area contributed by atoms with Crippen LogP contribution in [0.3, 0.4) is 0 Å². The smallest absolute Gasteiger partial charge is 0.262 e. The Labute approximate surface area is 148 Å². The van der Waals surface area contributed by atoms with E-state index < -0.39 is 40.6 Å². The van der Waals surface area contributed by atoms with E-state index in [0.29, 0.717) is 29.0 Å². The SMILES string of the molecule is CCOc1ccc2c(c1)SC(=Cc1c(F)c(F)c(F)c(F)c1F)C(=O)N2. The van der Waals surface area contributed by atoms with Gasteiger partial charge in [0, 0.05) is 4.90 Å². The summed E-state index contributed by atoms with van der Waals surface area (Å²) in [6.45, 7) is 2.19. The highest BCUT2D eigenvalue weighted by Crippen LogP contribution is 2.41. The van der Waals surface area contributed by atoms with E-state index in [9.17, 15) is 26.7 Å². The van der Waals surface area contributed by atoms with Crippen LogP contribution in [0.5, 0.6) is 5.75 Å². The second kappa shape index (κ2) is 6.99. The lowest BCUT2D eigenvalue weighted by atomic mass is 10.1. The number of benzene rings is 2. The molecule has 3 rings (SSSR count). The molecule has 0 fully saturated rings. The van der Waals surface area contributed by atoms with Gasteiger partial charge in [-0.05, 0) is 31.2 Å². The molecule has 9 heteroatoms. The molecule has 0 aromatic heterocycles. The Balaban J connectivity index is 2.06. The molecule has 0 unspecified atom stereocenters. The highest BCUT2D eigenvalue weighted by atomic mass is 32.2. The number of halogens is 5. The van der Waals surface area contributed by atoms with Gasteiger partial charge in [-0.15, -0.1) is 0 Å². The summed E-state index contributed by atoms with van der Waals surface area (Å²) in [6, 6.07) is 4.80. The third kappa shape index (κ3) is 3.14. The van der Waals surface area contributed by atoms with Crippen molar-refractivity contribution in [1.82, 2.24) is 0 Å². The maximum Gasteiger partial charge on any atom is 0.262 e. The standard InChI is InChI=1S/C17H10F5NO2S/c1-2-25-7-3-4-9-10(5-7)26-11(17(24)23-9)6-8-12(18)14(20)16(22)15(21)13(8)19/h3-6H,2H2,1H3,(H,23,24). The first-order valence-corrected chi connectivity index (χ1v) is 8.14. The van der Waals surface area contributed by atoms with Gasteiger partial charge in [0.15, 0.2) is 23.3 Å². The fourth-order valence-corrected chi connectivity index (χ4v) is 3.23. The van der Waals surface area contributed by atoms with Gasteiger partial charge in [-0.3, -0.25) is 4.79 Å². The van der Waals surface area contributed by atoms with Crippen LogP contribution in [-0.4, -0.2) is 12.5 Å². The number of hydrogen-bond donors (Lipinski definition) is 1. The summed E-state index contributed by atoms with van der Waals surface area (Å²) >= 11 is 0.830. The van der Waals surface area contributed by atoms with Crippen LogP contribution in [0.25, 0.3) is 6.08 Å². The average Bonchev–Trinajstić information content (AvgIpc) is 2.62. The molecule has 0 atom stereocenters. The van der Waals surface area contributed by atoms with E-state index in [0.717, 1.165) is 11.8 Å². The van der Waals surface area contributed by atoms with Crippen molar-refractivity contribution in [2.24, 2.45) is 0 Å². The lowest BCUT2D eigenvalue weighted by Crippen LogP contribution is -2.17. The van der Waals surface area contributed by atoms with Crippen LogP contribution in [0.4, 0.5) is 27.6 Å². The van der Waals surface area contributed by atoms with Crippen LogP contribution >= 0.6 is 11.8 Å². The number of anilines is 1. The maximum absolute atomic E-state index is 13.8. The van der Waals surface area contributed by atoms with Crippen molar-refractivity contribution in [1.29, 1.82) is 0 Å². The number of hydrogen-bond acceptors (Lipinski definition) is 3. The number of thioether (sulfide) groups is 1. The highest BCUT2D eigenvalue weighted by Gasteiger charge is 2.27. The van der Waals surface area contributed by atoms with Crippen molar-refractivity contribution < 1.29 is 31.5 Å². The first kappa shape index (κ1) is 18.2. The van der Waals surface area contributed by atoms with Gasteiger partial charge in [-0.1, -0.05) is 11.8 Å². The minimum absolute atomic E-state index is 0.227.